The lowest BCUT2D eigenvalue weighted by Gasteiger charge is -2.11. The molecule has 0 fully saturated rings. The lowest BCUT2D eigenvalue weighted by molar-refractivity contribution is -0.113. The normalized spacial score (nSPS) is 11.4. The van der Waals surface area contributed by atoms with Crippen LogP contribution in [0.1, 0.15) is 39.2 Å². The second-order valence-corrected chi connectivity index (χ2v) is 8.34. The summed E-state index contributed by atoms with van der Waals surface area (Å²) >= 11 is 1.38. The maximum atomic E-state index is 12.4. The van der Waals surface area contributed by atoms with Crippen LogP contribution in [-0.4, -0.2) is 26.4 Å². The van der Waals surface area contributed by atoms with Gasteiger partial charge < -0.3 is 9.73 Å². The van der Waals surface area contributed by atoms with Crippen molar-refractivity contribution in [1.82, 2.24) is 14.8 Å². The Morgan fingerprint density at radius 3 is 2.50 bits per heavy atom. The van der Waals surface area contributed by atoms with Crippen LogP contribution >= 0.6 is 11.8 Å². The van der Waals surface area contributed by atoms with Gasteiger partial charge in [-0.25, -0.2) is 0 Å². The number of nitrogens with one attached hydrogen (secondary N) is 1. The van der Waals surface area contributed by atoms with E-state index >= 15 is 0 Å². The van der Waals surface area contributed by atoms with Gasteiger partial charge in [0.25, 0.3) is 0 Å². The molecule has 0 aliphatic rings. The summed E-state index contributed by atoms with van der Waals surface area (Å²) in [5.41, 5.74) is 2.05. The third kappa shape index (κ3) is 5.04. The summed E-state index contributed by atoms with van der Waals surface area (Å²) in [4.78, 5) is 12.4. The lowest BCUT2D eigenvalue weighted by Crippen LogP contribution is -2.15. The third-order valence-corrected chi connectivity index (χ3v) is 5.17. The Balaban J connectivity index is 1.65. The Bertz CT molecular complexity index is 899. The first kappa shape index (κ1) is 20.2. The summed E-state index contributed by atoms with van der Waals surface area (Å²) in [6.07, 6.45) is 1.62. The molecule has 0 aliphatic heterocycles. The SMILES string of the molecule is CC(C)Cn1c(SCC(=O)Nc2ccc(C(C)C)cc2)nnc1-c1ccco1. The summed E-state index contributed by atoms with van der Waals surface area (Å²) in [5, 5.41) is 12.2. The van der Waals surface area contributed by atoms with E-state index in [9.17, 15) is 4.79 Å². The van der Waals surface area contributed by atoms with E-state index in [-0.39, 0.29) is 11.7 Å². The minimum Gasteiger partial charge on any atom is -0.461 e. The molecule has 0 unspecified atom stereocenters. The molecule has 1 N–H and O–H groups in total. The quantitative estimate of drug-likeness (QED) is 0.538. The van der Waals surface area contributed by atoms with E-state index in [2.05, 4.69) is 43.2 Å². The molecule has 148 valence electrons. The Morgan fingerprint density at radius 1 is 1.14 bits per heavy atom. The number of nitrogens with zero attached hydrogens (tertiary/aromatic N) is 3. The molecule has 0 bridgehead atoms. The smallest absolute Gasteiger partial charge is 0.234 e. The van der Waals surface area contributed by atoms with Gasteiger partial charge in [0.1, 0.15) is 0 Å². The van der Waals surface area contributed by atoms with Crippen LogP contribution in [0.2, 0.25) is 0 Å². The second kappa shape index (κ2) is 9.10. The van der Waals surface area contributed by atoms with Crippen molar-refractivity contribution in [3.05, 3.63) is 48.2 Å². The monoisotopic (exact) mass is 398 g/mol. The largest absolute Gasteiger partial charge is 0.461 e. The zero-order valence-corrected chi connectivity index (χ0v) is 17.5. The summed E-state index contributed by atoms with van der Waals surface area (Å²) in [5.74, 6) is 2.44. The fourth-order valence-corrected chi connectivity index (χ4v) is 3.54. The van der Waals surface area contributed by atoms with Crippen LogP contribution in [-0.2, 0) is 11.3 Å². The van der Waals surface area contributed by atoms with Crippen LogP contribution in [0.15, 0.2) is 52.2 Å². The number of anilines is 1. The molecule has 0 spiro atoms. The molecule has 0 saturated heterocycles. The third-order valence-electron chi connectivity index (χ3n) is 4.20. The molecule has 3 aromatic rings. The molecule has 6 nitrogen and oxygen atoms in total. The Hall–Kier alpha value is -2.54. The molecule has 2 aromatic heterocycles. The number of carbonyl (C=O) groups excluding carboxylic acids is 1. The fraction of sp³-hybridized carbons (Fsp3) is 0.381. The molecule has 2 heterocycles. The molecule has 0 saturated carbocycles. The number of aromatic nitrogens is 3. The van der Waals surface area contributed by atoms with E-state index in [0.717, 1.165) is 12.2 Å². The van der Waals surface area contributed by atoms with Gasteiger partial charge in [0.05, 0.1) is 12.0 Å². The summed E-state index contributed by atoms with van der Waals surface area (Å²) < 4.78 is 7.49. The molecule has 1 aromatic carbocycles. The molecule has 1 amide bonds. The van der Waals surface area contributed by atoms with Gasteiger partial charge in [-0.2, -0.15) is 0 Å². The highest BCUT2D eigenvalue weighted by Crippen LogP contribution is 2.25. The molecule has 0 radical (unpaired) electrons. The van der Waals surface area contributed by atoms with Gasteiger partial charge in [0.2, 0.25) is 5.91 Å². The number of rotatable bonds is 8. The van der Waals surface area contributed by atoms with Crippen LogP contribution < -0.4 is 5.32 Å². The number of carbonyl (C=O) groups is 1. The highest BCUT2D eigenvalue weighted by atomic mass is 32.2. The number of furan rings is 1. The van der Waals surface area contributed by atoms with Gasteiger partial charge in [0, 0.05) is 12.2 Å². The Morgan fingerprint density at radius 2 is 1.89 bits per heavy atom. The topological polar surface area (TPSA) is 73.0 Å². The second-order valence-electron chi connectivity index (χ2n) is 7.40. The highest BCUT2D eigenvalue weighted by molar-refractivity contribution is 7.99. The maximum absolute atomic E-state index is 12.4. The maximum Gasteiger partial charge on any atom is 0.234 e. The van der Waals surface area contributed by atoms with Gasteiger partial charge in [-0.05, 0) is 41.7 Å². The van der Waals surface area contributed by atoms with E-state index in [4.69, 9.17) is 4.42 Å². The Kier molecular flexibility index (Phi) is 6.57. The lowest BCUT2D eigenvalue weighted by atomic mass is 10.0. The molecule has 7 heteroatoms. The summed E-state index contributed by atoms with van der Waals surface area (Å²) in [7, 11) is 0. The van der Waals surface area contributed by atoms with E-state index in [1.165, 1.54) is 17.3 Å². The van der Waals surface area contributed by atoms with E-state index < -0.39 is 0 Å². The van der Waals surface area contributed by atoms with Crippen molar-refractivity contribution < 1.29 is 9.21 Å². The first-order valence-corrected chi connectivity index (χ1v) is 10.4. The molecule has 0 atom stereocenters. The molecule has 28 heavy (non-hydrogen) atoms. The van der Waals surface area contributed by atoms with Crippen LogP contribution in [0.4, 0.5) is 5.69 Å². The number of amides is 1. The van der Waals surface area contributed by atoms with Crippen molar-refractivity contribution in [2.75, 3.05) is 11.1 Å². The average molecular weight is 399 g/mol. The van der Waals surface area contributed by atoms with Crippen molar-refractivity contribution >= 4 is 23.4 Å². The van der Waals surface area contributed by atoms with Crippen molar-refractivity contribution in [2.45, 2.75) is 45.3 Å². The minimum absolute atomic E-state index is 0.0686. The predicted molar refractivity (Wildman–Crippen MR) is 112 cm³/mol. The van der Waals surface area contributed by atoms with Crippen molar-refractivity contribution in [3.63, 3.8) is 0 Å². The standard InChI is InChI=1S/C21H26N4O2S/c1-14(2)12-25-20(18-6-5-11-27-18)23-24-21(25)28-13-19(26)22-17-9-7-16(8-10-17)15(3)4/h5-11,14-15H,12-13H2,1-4H3,(H,22,26). The van der Waals surface area contributed by atoms with Gasteiger partial charge in [0.15, 0.2) is 16.7 Å². The van der Waals surface area contributed by atoms with Gasteiger partial charge >= 0.3 is 0 Å². The van der Waals surface area contributed by atoms with Crippen LogP contribution in [0.5, 0.6) is 0 Å². The first-order chi connectivity index (χ1) is 13.4. The zero-order chi connectivity index (χ0) is 20.1. The van der Waals surface area contributed by atoms with Crippen LogP contribution in [0.25, 0.3) is 11.6 Å². The summed E-state index contributed by atoms with van der Waals surface area (Å²) in [6, 6.07) is 11.7. The average Bonchev–Trinajstić information content (AvgIpc) is 3.30. The van der Waals surface area contributed by atoms with E-state index in [0.29, 0.717) is 28.6 Å². The van der Waals surface area contributed by atoms with E-state index in [1.807, 2.05) is 41.0 Å². The van der Waals surface area contributed by atoms with Crippen molar-refractivity contribution in [1.29, 1.82) is 0 Å². The molecule has 3 rings (SSSR count). The van der Waals surface area contributed by atoms with Crippen LogP contribution in [0, 0.1) is 5.92 Å². The van der Waals surface area contributed by atoms with Crippen molar-refractivity contribution in [2.24, 2.45) is 5.92 Å². The van der Waals surface area contributed by atoms with E-state index in [1.54, 1.807) is 6.26 Å². The Labute approximate surface area is 169 Å². The molecule has 0 aliphatic carbocycles. The van der Waals surface area contributed by atoms with Crippen molar-refractivity contribution in [3.8, 4) is 11.6 Å². The predicted octanol–water partition coefficient (Wildman–Crippen LogP) is 5.05. The number of hydrogen-bond donors (Lipinski definition) is 1. The fourth-order valence-electron chi connectivity index (χ4n) is 2.79. The minimum atomic E-state index is -0.0686. The van der Waals surface area contributed by atoms with Gasteiger partial charge in [-0.3, -0.25) is 9.36 Å². The first-order valence-electron chi connectivity index (χ1n) is 9.43. The molecular formula is C21H26N4O2S. The number of benzene rings is 1. The molecular weight excluding hydrogens is 372 g/mol. The zero-order valence-electron chi connectivity index (χ0n) is 16.7. The van der Waals surface area contributed by atoms with Gasteiger partial charge in [-0.1, -0.05) is 51.6 Å². The highest BCUT2D eigenvalue weighted by Gasteiger charge is 2.18. The summed E-state index contributed by atoms with van der Waals surface area (Å²) in [6.45, 7) is 9.31. The number of thioether (sulfide) groups is 1. The van der Waals surface area contributed by atoms with Crippen LogP contribution in [0.3, 0.4) is 0 Å². The van der Waals surface area contributed by atoms with Gasteiger partial charge in [-0.15, -0.1) is 10.2 Å². The number of hydrogen-bond acceptors (Lipinski definition) is 5.